The molecule has 2 unspecified atom stereocenters. The molecule has 7 heterocycles. The molecule has 2 atom stereocenters. The highest BCUT2D eigenvalue weighted by molar-refractivity contribution is 6.33. The number of piperidine rings is 2. The summed E-state index contributed by atoms with van der Waals surface area (Å²) < 4.78 is 39.0. The molecular weight excluding hydrogens is 824 g/mol. The van der Waals surface area contributed by atoms with E-state index in [2.05, 4.69) is 37.0 Å². The highest BCUT2D eigenvalue weighted by atomic mass is 35.5. The number of piperazine rings is 1. The number of halogens is 3. The highest BCUT2D eigenvalue weighted by Crippen LogP contribution is 2.46. The molecule has 5 aliphatic rings. The molecule has 3 saturated heterocycles. The van der Waals surface area contributed by atoms with Crippen molar-refractivity contribution in [2.24, 2.45) is 25.9 Å². The molecule has 19 heteroatoms. The van der Waals surface area contributed by atoms with Gasteiger partial charge in [0.05, 0.1) is 40.6 Å². The Kier molecular flexibility index (Phi) is 9.95. The Morgan fingerprint density at radius 2 is 1.69 bits per heavy atom. The molecule has 3 amide bonds. The molecule has 1 saturated carbocycles. The van der Waals surface area contributed by atoms with Crippen molar-refractivity contribution in [1.82, 2.24) is 34.5 Å². The molecule has 62 heavy (non-hydrogen) atoms. The van der Waals surface area contributed by atoms with Gasteiger partial charge in [-0.1, -0.05) is 11.6 Å². The van der Waals surface area contributed by atoms with Gasteiger partial charge in [0.2, 0.25) is 29.4 Å². The third kappa shape index (κ3) is 7.20. The molecular formula is C43H46ClF2N11O5. The predicted molar refractivity (Wildman–Crippen MR) is 230 cm³/mol. The summed E-state index contributed by atoms with van der Waals surface area (Å²) in [6.45, 7) is 2.85. The summed E-state index contributed by atoms with van der Waals surface area (Å²) in [5.41, 5.74) is 3.49. The van der Waals surface area contributed by atoms with Crippen LogP contribution in [0.15, 0.2) is 47.4 Å². The number of fused-ring (bicyclic) bond motifs is 4. The van der Waals surface area contributed by atoms with E-state index in [1.54, 1.807) is 29.9 Å². The molecule has 10 rings (SSSR count). The van der Waals surface area contributed by atoms with E-state index < -0.39 is 30.0 Å². The number of carbonyl (C=O) groups is 3. The number of rotatable bonds is 7. The normalized spacial score (nSPS) is 21.9. The van der Waals surface area contributed by atoms with Gasteiger partial charge in [0.1, 0.15) is 5.02 Å². The number of nitrogens with one attached hydrogen (secondary N) is 3. The lowest BCUT2D eigenvalue weighted by Gasteiger charge is -2.39. The maximum atomic E-state index is 15.2. The second kappa shape index (κ2) is 15.4. The van der Waals surface area contributed by atoms with E-state index in [0.29, 0.717) is 112 Å². The first-order valence-electron chi connectivity index (χ1n) is 21.2. The monoisotopic (exact) mass is 869 g/mol. The Labute approximate surface area is 359 Å². The van der Waals surface area contributed by atoms with Gasteiger partial charge >= 0.3 is 5.92 Å². The van der Waals surface area contributed by atoms with Crippen molar-refractivity contribution >= 4 is 80.0 Å². The molecule has 0 spiro atoms. The van der Waals surface area contributed by atoms with E-state index in [1.807, 2.05) is 29.0 Å². The van der Waals surface area contributed by atoms with E-state index in [4.69, 9.17) is 21.3 Å². The summed E-state index contributed by atoms with van der Waals surface area (Å²) in [4.78, 5) is 66.9. The van der Waals surface area contributed by atoms with Crippen LogP contribution in [0.5, 0.6) is 5.75 Å². The largest absolute Gasteiger partial charge is 0.480 e. The van der Waals surface area contributed by atoms with Gasteiger partial charge in [0.25, 0.3) is 5.56 Å². The summed E-state index contributed by atoms with van der Waals surface area (Å²) in [5.74, 6) is -3.66. The Balaban J connectivity index is 0.777. The first-order valence-corrected chi connectivity index (χ1v) is 21.5. The topological polar surface area (TPSA) is 172 Å². The van der Waals surface area contributed by atoms with Crippen LogP contribution >= 0.6 is 11.6 Å². The molecule has 1 aliphatic carbocycles. The smallest absolute Gasteiger partial charge is 0.301 e. The van der Waals surface area contributed by atoms with Crippen LogP contribution in [-0.2, 0) is 28.5 Å². The maximum absolute atomic E-state index is 15.2. The molecule has 324 valence electrons. The van der Waals surface area contributed by atoms with Crippen molar-refractivity contribution in [2.45, 2.75) is 56.4 Å². The van der Waals surface area contributed by atoms with Crippen molar-refractivity contribution in [3.8, 4) is 5.75 Å². The first kappa shape index (κ1) is 40.1. The maximum Gasteiger partial charge on any atom is 0.301 e. The highest BCUT2D eigenvalue weighted by Gasteiger charge is 2.51. The van der Waals surface area contributed by atoms with Crippen molar-refractivity contribution in [3.63, 3.8) is 0 Å². The van der Waals surface area contributed by atoms with Gasteiger partial charge in [-0.25, -0.2) is 13.8 Å². The Morgan fingerprint density at radius 3 is 2.44 bits per heavy atom. The number of aromatic nitrogens is 5. The number of carbonyl (C=O) groups excluding carboxylic acids is 3. The fourth-order valence-electron chi connectivity index (χ4n) is 9.47. The molecule has 0 bridgehead atoms. The minimum atomic E-state index is -3.15. The number of ether oxygens (including phenoxy) is 1. The average Bonchev–Trinajstić information content (AvgIpc) is 4.08. The van der Waals surface area contributed by atoms with Crippen LogP contribution in [0.2, 0.25) is 5.02 Å². The molecule has 3 N–H and O–H groups in total. The zero-order chi connectivity index (χ0) is 43.0. The minimum Gasteiger partial charge on any atom is -0.480 e. The lowest BCUT2D eigenvalue weighted by molar-refractivity contribution is -0.137. The zero-order valence-electron chi connectivity index (χ0n) is 34.3. The van der Waals surface area contributed by atoms with Gasteiger partial charge in [0, 0.05) is 87.8 Å². The average molecular weight is 870 g/mol. The molecule has 4 fully saturated rings. The number of pyridine rings is 1. The molecule has 0 radical (unpaired) electrons. The third-order valence-corrected chi connectivity index (χ3v) is 13.4. The van der Waals surface area contributed by atoms with Crippen LogP contribution in [0.25, 0.3) is 21.8 Å². The lowest BCUT2D eigenvalue weighted by Crippen LogP contribution is -2.51. The molecule has 3 aromatic heterocycles. The van der Waals surface area contributed by atoms with Gasteiger partial charge in [-0.15, -0.1) is 0 Å². The molecule has 2 aromatic carbocycles. The first-order chi connectivity index (χ1) is 29.8. The van der Waals surface area contributed by atoms with Gasteiger partial charge in [-0.05, 0) is 74.4 Å². The van der Waals surface area contributed by atoms with Crippen LogP contribution in [0.3, 0.4) is 0 Å². The number of imide groups is 1. The third-order valence-electron chi connectivity index (χ3n) is 13.1. The Hall–Kier alpha value is -6.04. The van der Waals surface area contributed by atoms with E-state index in [1.165, 1.54) is 10.8 Å². The van der Waals surface area contributed by atoms with Crippen LogP contribution in [0.1, 0.15) is 50.1 Å². The molecule has 16 nitrogen and oxygen atoms in total. The SMILES string of the molecule is Cn1nc(C2CCC(=O)NC2=O)c2ccc(N3CCN(C(=O)C4CCN(c5ncc(Cl)c(Nc6ccc7c(c6)c6c(c(=O)n7C)OCC(F)(F)C(C7CC7)N6)n5)CC4)CC3)cc21. The van der Waals surface area contributed by atoms with Crippen molar-refractivity contribution in [3.05, 3.63) is 63.7 Å². The number of hydrogen-bond acceptors (Lipinski definition) is 12. The number of anilines is 5. The molecule has 4 aliphatic heterocycles. The number of hydrogen-bond donors (Lipinski definition) is 3. The van der Waals surface area contributed by atoms with Gasteiger partial charge in [-0.2, -0.15) is 10.1 Å². The van der Waals surface area contributed by atoms with Gasteiger partial charge in [0.15, 0.2) is 12.4 Å². The van der Waals surface area contributed by atoms with E-state index >= 15 is 8.78 Å². The van der Waals surface area contributed by atoms with Crippen molar-refractivity contribution in [1.29, 1.82) is 0 Å². The number of nitrogens with zero attached hydrogens (tertiary/aromatic N) is 8. The Bertz CT molecular complexity index is 2710. The predicted octanol–water partition coefficient (Wildman–Crippen LogP) is 4.92. The summed E-state index contributed by atoms with van der Waals surface area (Å²) in [6.07, 6.45) is 4.92. The fourth-order valence-corrected chi connectivity index (χ4v) is 9.61. The zero-order valence-corrected chi connectivity index (χ0v) is 35.1. The van der Waals surface area contributed by atoms with Gasteiger partial charge in [-0.3, -0.25) is 29.2 Å². The second-order valence-corrected chi connectivity index (χ2v) is 17.5. The summed E-state index contributed by atoms with van der Waals surface area (Å²) >= 11 is 6.60. The number of aryl methyl sites for hydroxylation is 2. The number of amides is 3. The molecule has 5 aromatic rings. The van der Waals surface area contributed by atoms with Crippen molar-refractivity contribution in [2.75, 3.05) is 66.3 Å². The Morgan fingerprint density at radius 1 is 0.919 bits per heavy atom. The number of benzene rings is 2. The number of alkyl halides is 2. The standard InChI is InChI=1S/C43H46ClF2N11O5/c1-53-31-9-5-25(19-29(31)35-36(41(53)61)62-22-43(45,46)37(50-35)23-3-4-23)48-38-30(44)21-47-42(51-38)57-13-11-24(12-14-57)40(60)56-17-15-55(16-18-56)26-6-7-27-32(20-26)54(2)52-34(27)28-8-10-33(58)49-39(28)59/h5-7,9,19-21,23-24,28,37,50H,3-4,8,10-18,22H2,1-2H3,(H,47,48,51)(H,49,58,59). The van der Waals surface area contributed by atoms with Gasteiger partial charge < -0.3 is 34.6 Å². The summed E-state index contributed by atoms with van der Waals surface area (Å²) in [5, 5.41) is 15.1. The fraction of sp³-hybridized carbons (Fsp3) is 0.465. The quantitative estimate of drug-likeness (QED) is 0.189. The summed E-state index contributed by atoms with van der Waals surface area (Å²) in [7, 11) is 3.44. The summed E-state index contributed by atoms with van der Waals surface area (Å²) in [6, 6.07) is 10.3. The minimum absolute atomic E-state index is 0.125. The van der Waals surface area contributed by atoms with E-state index in [0.717, 1.165) is 16.6 Å². The lowest BCUT2D eigenvalue weighted by atomic mass is 9.93. The van der Waals surface area contributed by atoms with Crippen molar-refractivity contribution < 1.29 is 27.9 Å². The van der Waals surface area contributed by atoms with Crippen LogP contribution in [0.4, 0.5) is 37.6 Å². The van der Waals surface area contributed by atoms with E-state index in [9.17, 15) is 19.2 Å². The van der Waals surface area contributed by atoms with Crippen LogP contribution in [0, 0.1) is 11.8 Å². The van der Waals surface area contributed by atoms with E-state index in [-0.39, 0.29) is 46.0 Å². The van der Waals surface area contributed by atoms with Crippen LogP contribution < -0.4 is 36.0 Å². The second-order valence-electron chi connectivity index (χ2n) is 17.1. The van der Waals surface area contributed by atoms with Crippen LogP contribution in [-0.4, -0.2) is 105 Å².